The number of nitrogens with zero attached hydrogens (tertiary/aromatic N) is 1. The molecule has 1 saturated carbocycles. The van der Waals surface area contributed by atoms with Crippen molar-refractivity contribution in [2.24, 2.45) is 5.92 Å². The molecule has 1 atom stereocenters. The Labute approximate surface area is 122 Å². The van der Waals surface area contributed by atoms with Gasteiger partial charge < -0.3 is 14.8 Å². The summed E-state index contributed by atoms with van der Waals surface area (Å²) in [4.78, 5) is 19.3. The standard InChI is InChI=1S/C16H18N2O3/c1-9-5-3-4-6-11(9)12-15(19)17-14(18-16(12)20)13(21-2)10-7-8-10/h3-6,10,13H,7-8H2,1-2H3,(H2,17,18,19,20). The van der Waals surface area contributed by atoms with Gasteiger partial charge in [-0.1, -0.05) is 24.3 Å². The zero-order valence-corrected chi connectivity index (χ0v) is 12.1. The molecule has 5 nitrogen and oxygen atoms in total. The highest BCUT2D eigenvalue weighted by Crippen LogP contribution is 2.42. The maximum atomic E-state index is 12.4. The van der Waals surface area contributed by atoms with Gasteiger partial charge >= 0.3 is 0 Å². The lowest BCUT2D eigenvalue weighted by Gasteiger charge is -2.15. The van der Waals surface area contributed by atoms with Crippen molar-refractivity contribution in [1.82, 2.24) is 9.97 Å². The molecule has 0 aliphatic heterocycles. The maximum Gasteiger partial charge on any atom is 0.262 e. The van der Waals surface area contributed by atoms with Crippen molar-refractivity contribution in [3.63, 3.8) is 0 Å². The average molecular weight is 286 g/mol. The van der Waals surface area contributed by atoms with Crippen LogP contribution in [-0.2, 0) is 4.74 Å². The second-order valence-electron chi connectivity index (χ2n) is 5.46. The predicted molar refractivity (Wildman–Crippen MR) is 79.2 cm³/mol. The smallest absolute Gasteiger partial charge is 0.262 e. The molecule has 0 saturated heterocycles. The van der Waals surface area contributed by atoms with Crippen molar-refractivity contribution in [2.45, 2.75) is 25.9 Å². The molecule has 1 aliphatic rings. The van der Waals surface area contributed by atoms with E-state index in [0.29, 0.717) is 17.3 Å². The van der Waals surface area contributed by atoms with Gasteiger partial charge in [0.15, 0.2) is 0 Å². The normalized spacial score (nSPS) is 15.9. The van der Waals surface area contributed by atoms with Crippen molar-refractivity contribution >= 4 is 0 Å². The Hall–Kier alpha value is -2.14. The predicted octanol–water partition coefficient (Wildman–Crippen LogP) is 2.55. The van der Waals surface area contributed by atoms with E-state index in [1.165, 1.54) is 0 Å². The average Bonchev–Trinajstić information content (AvgIpc) is 3.26. The molecule has 1 fully saturated rings. The molecule has 0 radical (unpaired) electrons. The van der Waals surface area contributed by atoms with Crippen LogP contribution in [0.3, 0.4) is 0 Å². The molecule has 5 heteroatoms. The maximum absolute atomic E-state index is 12.4. The zero-order valence-electron chi connectivity index (χ0n) is 12.1. The minimum Gasteiger partial charge on any atom is -0.493 e. The summed E-state index contributed by atoms with van der Waals surface area (Å²) in [7, 11) is 1.59. The van der Waals surface area contributed by atoms with Crippen LogP contribution in [0.15, 0.2) is 29.1 Å². The Bertz CT molecular complexity index is 720. The number of aryl methyl sites for hydroxylation is 1. The van der Waals surface area contributed by atoms with E-state index in [-0.39, 0.29) is 23.1 Å². The lowest BCUT2D eigenvalue weighted by Crippen LogP contribution is -2.18. The number of hydrogen-bond donors (Lipinski definition) is 2. The van der Waals surface area contributed by atoms with Crippen LogP contribution in [0, 0.1) is 12.8 Å². The molecule has 1 unspecified atom stereocenters. The minimum atomic E-state index is -0.338. The van der Waals surface area contributed by atoms with Gasteiger partial charge in [0.05, 0.1) is 0 Å². The Morgan fingerprint density at radius 3 is 2.67 bits per heavy atom. The summed E-state index contributed by atoms with van der Waals surface area (Å²) in [6.07, 6.45) is 1.86. The second-order valence-corrected chi connectivity index (χ2v) is 5.46. The molecule has 21 heavy (non-hydrogen) atoms. The molecule has 2 N–H and O–H groups in total. The lowest BCUT2D eigenvalue weighted by molar-refractivity contribution is 0.0764. The van der Waals surface area contributed by atoms with Gasteiger partial charge in [-0.3, -0.25) is 4.79 Å². The monoisotopic (exact) mass is 286 g/mol. The summed E-state index contributed by atoms with van der Waals surface area (Å²) < 4.78 is 5.40. The van der Waals surface area contributed by atoms with Gasteiger partial charge in [-0.2, -0.15) is 4.98 Å². The number of ether oxygens (including phenoxy) is 1. The van der Waals surface area contributed by atoms with E-state index < -0.39 is 0 Å². The lowest BCUT2D eigenvalue weighted by atomic mass is 10.0. The van der Waals surface area contributed by atoms with Crippen molar-refractivity contribution < 1.29 is 9.84 Å². The van der Waals surface area contributed by atoms with Crippen LogP contribution in [0.4, 0.5) is 0 Å². The quantitative estimate of drug-likeness (QED) is 0.905. The molecule has 1 aliphatic carbocycles. The molecule has 1 heterocycles. The molecule has 2 aromatic rings. The van der Waals surface area contributed by atoms with Crippen LogP contribution in [-0.4, -0.2) is 22.2 Å². The molecule has 110 valence electrons. The van der Waals surface area contributed by atoms with E-state index in [1.807, 2.05) is 25.1 Å². The third-order valence-electron chi connectivity index (χ3n) is 3.91. The molecular formula is C16H18N2O3. The number of rotatable bonds is 4. The zero-order chi connectivity index (χ0) is 15.0. The summed E-state index contributed by atoms with van der Waals surface area (Å²) in [6.45, 7) is 1.89. The van der Waals surface area contributed by atoms with Crippen LogP contribution < -0.4 is 5.56 Å². The highest BCUT2D eigenvalue weighted by Gasteiger charge is 2.34. The van der Waals surface area contributed by atoms with Crippen LogP contribution in [0.1, 0.15) is 30.3 Å². The third-order valence-corrected chi connectivity index (χ3v) is 3.91. The topological polar surface area (TPSA) is 75.2 Å². The molecule has 0 spiro atoms. The molecule has 0 bridgehead atoms. The fourth-order valence-electron chi connectivity index (χ4n) is 2.64. The fourth-order valence-corrected chi connectivity index (χ4v) is 2.64. The summed E-state index contributed by atoms with van der Waals surface area (Å²) >= 11 is 0. The first-order chi connectivity index (χ1) is 10.1. The largest absolute Gasteiger partial charge is 0.493 e. The van der Waals surface area contributed by atoms with Gasteiger partial charge in [0.2, 0.25) is 5.88 Å². The second kappa shape index (κ2) is 5.33. The Kier molecular flexibility index (Phi) is 3.51. The van der Waals surface area contributed by atoms with E-state index >= 15 is 0 Å². The molecule has 0 amide bonds. The van der Waals surface area contributed by atoms with Crippen LogP contribution in [0.25, 0.3) is 11.1 Å². The third kappa shape index (κ3) is 2.56. The van der Waals surface area contributed by atoms with E-state index in [0.717, 1.165) is 18.4 Å². The Morgan fingerprint density at radius 2 is 2.10 bits per heavy atom. The van der Waals surface area contributed by atoms with Crippen LogP contribution >= 0.6 is 0 Å². The van der Waals surface area contributed by atoms with Gasteiger partial charge in [-0.05, 0) is 36.8 Å². The SMILES string of the molecule is COC(c1nc(O)c(-c2ccccc2C)c(=O)[nH]1)C1CC1. The van der Waals surface area contributed by atoms with Crippen molar-refractivity contribution in [3.8, 4) is 17.0 Å². The Morgan fingerprint density at radius 1 is 1.38 bits per heavy atom. The Balaban J connectivity index is 2.09. The first-order valence-corrected chi connectivity index (χ1v) is 7.03. The number of aromatic hydroxyl groups is 1. The van der Waals surface area contributed by atoms with E-state index in [2.05, 4.69) is 9.97 Å². The van der Waals surface area contributed by atoms with Gasteiger partial charge in [-0.25, -0.2) is 0 Å². The van der Waals surface area contributed by atoms with Crippen molar-refractivity contribution in [3.05, 3.63) is 46.0 Å². The number of aromatic amines is 1. The number of H-pyrrole nitrogens is 1. The minimum absolute atomic E-state index is 0.211. The van der Waals surface area contributed by atoms with Crippen LogP contribution in [0.2, 0.25) is 0 Å². The van der Waals surface area contributed by atoms with Crippen LogP contribution in [0.5, 0.6) is 5.88 Å². The highest BCUT2D eigenvalue weighted by atomic mass is 16.5. The number of methoxy groups -OCH3 is 1. The first kappa shape index (κ1) is 13.8. The van der Waals surface area contributed by atoms with Gasteiger partial charge in [0, 0.05) is 7.11 Å². The number of hydrogen-bond acceptors (Lipinski definition) is 4. The number of nitrogens with one attached hydrogen (secondary N) is 1. The summed E-state index contributed by atoms with van der Waals surface area (Å²) in [5.74, 6) is 0.535. The summed E-state index contributed by atoms with van der Waals surface area (Å²) in [5.41, 5.74) is 1.48. The summed E-state index contributed by atoms with van der Waals surface area (Å²) in [5, 5.41) is 10.2. The number of aromatic nitrogens is 2. The van der Waals surface area contributed by atoms with E-state index in [9.17, 15) is 9.90 Å². The fraction of sp³-hybridized carbons (Fsp3) is 0.375. The van der Waals surface area contributed by atoms with Gasteiger partial charge in [0.1, 0.15) is 17.5 Å². The van der Waals surface area contributed by atoms with Gasteiger partial charge in [-0.15, -0.1) is 0 Å². The van der Waals surface area contributed by atoms with Gasteiger partial charge in [0.25, 0.3) is 5.56 Å². The molecule has 1 aromatic heterocycles. The summed E-state index contributed by atoms with van der Waals surface area (Å²) in [6, 6.07) is 7.41. The molecule has 3 rings (SSSR count). The van der Waals surface area contributed by atoms with E-state index in [1.54, 1.807) is 13.2 Å². The molecule has 1 aromatic carbocycles. The highest BCUT2D eigenvalue weighted by molar-refractivity contribution is 5.70. The first-order valence-electron chi connectivity index (χ1n) is 7.03. The number of benzene rings is 1. The van der Waals surface area contributed by atoms with Crippen molar-refractivity contribution in [2.75, 3.05) is 7.11 Å². The van der Waals surface area contributed by atoms with Crippen molar-refractivity contribution in [1.29, 1.82) is 0 Å². The van der Waals surface area contributed by atoms with E-state index in [4.69, 9.17) is 4.74 Å². The molecular weight excluding hydrogens is 268 g/mol.